The highest BCUT2D eigenvalue weighted by molar-refractivity contribution is 7.90. The molecule has 0 saturated heterocycles. The Bertz CT molecular complexity index is 645. The molecule has 0 bridgehead atoms. The van der Waals surface area contributed by atoms with Gasteiger partial charge >= 0.3 is 5.97 Å². The van der Waals surface area contributed by atoms with Gasteiger partial charge in [-0.2, -0.15) is 0 Å². The number of nitrogens with one attached hydrogen (secondary N) is 1. The Hall–Kier alpha value is -1.96. The molecule has 1 rings (SSSR count). The summed E-state index contributed by atoms with van der Waals surface area (Å²) in [4.78, 5) is 27.3. The van der Waals surface area contributed by atoms with E-state index in [0.29, 0.717) is 0 Å². The molecule has 8 heteroatoms. The van der Waals surface area contributed by atoms with Crippen molar-refractivity contribution in [3.8, 4) is 0 Å². The van der Waals surface area contributed by atoms with Gasteiger partial charge in [-0.15, -0.1) is 0 Å². The van der Waals surface area contributed by atoms with Crippen molar-refractivity contribution in [1.82, 2.24) is 4.98 Å². The van der Waals surface area contributed by atoms with Crippen LogP contribution in [0.4, 0.5) is 5.82 Å². The number of rotatable bonds is 5. The van der Waals surface area contributed by atoms with E-state index < -0.39 is 27.3 Å². The predicted molar refractivity (Wildman–Crippen MR) is 82.4 cm³/mol. The second-order valence-corrected chi connectivity index (χ2v) is 8.12. The lowest BCUT2D eigenvalue weighted by atomic mass is 10.2. The Balaban J connectivity index is 2.62. The predicted octanol–water partition coefficient (Wildman–Crippen LogP) is 1.41. The van der Waals surface area contributed by atoms with Crippen LogP contribution in [0.2, 0.25) is 0 Å². The van der Waals surface area contributed by atoms with Crippen LogP contribution in [0.25, 0.3) is 0 Å². The van der Waals surface area contributed by atoms with Crippen molar-refractivity contribution < 1.29 is 22.7 Å². The minimum Gasteiger partial charge on any atom is -0.456 e. The van der Waals surface area contributed by atoms with Gasteiger partial charge in [-0.05, 0) is 32.9 Å². The molecule has 1 amide bonds. The Morgan fingerprint density at radius 1 is 1.27 bits per heavy atom. The normalized spacial score (nSPS) is 11.8. The molecule has 0 saturated carbocycles. The third kappa shape index (κ3) is 7.16. The molecule has 122 valence electrons. The molecule has 1 heterocycles. The molecule has 0 aliphatic carbocycles. The van der Waals surface area contributed by atoms with Crippen LogP contribution in [0.5, 0.6) is 0 Å². The maximum Gasteiger partial charge on any atom is 0.340 e. The number of hydrogen-bond acceptors (Lipinski definition) is 6. The number of esters is 1. The summed E-state index contributed by atoms with van der Waals surface area (Å²) in [5.74, 6) is -0.946. The molecule has 0 aromatic carbocycles. The monoisotopic (exact) mass is 328 g/mol. The summed E-state index contributed by atoms with van der Waals surface area (Å²) in [5, 5.41) is 2.46. The first-order valence-electron chi connectivity index (χ1n) is 6.63. The third-order valence-corrected chi connectivity index (χ3v) is 3.31. The molecular weight excluding hydrogens is 308 g/mol. The van der Waals surface area contributed by atoms with Crippen LogP contribution in [0.3, 0.4) is 0 Å². The van der Waals surface area contributed by atoms with Crippen LogP contribution in [0, 0.1) is 0 Å². The first-order valence-corrected chi connectivity index (χ1v) is 8.69. The molecular formula is C14H20N2O5S. The lowest BCUT2D eigenvalue weighted by Gasteiger charge is -2.19. The van der Waals surface area contributed by atoms with E-state index >= 15 is 0 Å². The third-order valence-electron chi connectivity index (χ3n) is 2.37. The molecule has 1 N–H and O–H groups in total. The van der Waals surface area contributed by atoms with Crippen LogP contribution >= 0.6 is 0 Å². The van der Waals surface area contributed by atoms with Crippen molar-refractivity contribution in [3.05, 3.63) is 23.9 Å². The number of carbonyl (C=O) groups excluding carboxylic acids is 2. The molecule has 0 radical (unpaired) electrons. The standard InChI is InChI=1S/C14H20N2O5S/c1-14(2,3)21-13(18)10-5-6-11(15-9-10)16-12(17)7-8-22(4,19)20/h5-6,9H,7-8H2,1-4H3,(H,15,16,17). The molecule has 0 aliphatic heterocycles. The first kappa shape index (κ1) is 18.1. The fourth-order valence-electron chi connectivity index (χ4n) is 1.41. The SMILES string of the molecule is CC(C)(C)OC(=O)c1ccc(NC(=O)CCS(C)(=O)=O)nc1. The molecule has 0 atom stereocenters. The van der Waals surface area contributed by atoms with E-state index in [-0.39, 0.29) is 23.6 Å². The summed E-state index contributed by atoms with van der Waals surface area (Å²) in [6, 6.07) is 2.94. The largest absolute Gasteiger partial charge is 0.456 e. The van der Waals surface area contributed by atoms with Crippen LogP contribution in [-0.2, 0) is 19.4 Å². The summed E-state index contributed by atoms with van der Waals surface area (Å²) in [6.45, 7) is 5.28. The van der Waals surface area contributed by atoms with Crippen molar-refractivity contribution >= 4 is 27.5 Å². The molecule has 0 unspecified atom stereocenters. The second-order valence-electron chi connectivity index (χ2n) is 5.86. The number of amides is 1. The second kappa shape index (κ2) is 6.87. The smallest absolute Gasteiger partial charge is 0.340 e. The average Bonchev–Trinajstić information content (AvgIpc) is 2.34. The number of pyridine rings is 1. The van der Waals surface area contributed by atoms with Gasteiger partial charge in [0.1, 0.15) is 21.3 Å². The zero-order chi connectivity index (χ0) is 17.0. The van der Waals surface area contributed by atoms with Crippen LogP contribution in [0.1, 0.15) is 37.6 Å². The summed E-state index contributed by atoms with van der Waals surface area (Å²) in [6.07, 6.45) is 2.21. The Morgan fingerprint density at radius 3 is 2.36 bits per heavy atom. The highest BCUT2D eigenvalue weighted by Crippen LogP contribution is 2.13. The maximum absolute atomic E-state index is 11.8. The van der Waals surface area contributed by atoms with E-state index in [4.69, 9.17) is 4.74 Å². The van der Waals surface area contributed by atoms with Crippen molar-refractivity contribution in [2.24, 2.45) is 0 Å². The van der Waals surface area contributed by atoms with E-state index in [2.05, 4.69) is 10.3 Å². The van der Waals surface area contributed by atoms with Gasteiger partial charge in [-0.1, -0.05) is 0 Å². The van der Waals surface area contributed by atoms with E-state index in [0.717, 1.165) is 6.26 Å². The summed E-state index contributed by atoms with van der Waals surface area (Å²) in [7, 11) is -3.19. The van der Waals surface area contributed by atoms with Crippen molar-refractivity contribution in [2.45, 2.75) is 32.8 Å². The van der Waals surface area contributed by atoms with Gasteiger partial charge in [0.2, 0.25) is 5.91 Å². The number of aromatic nitrogens is 1. The van der Waals surface area contributed by atoms with E-state index in [1.807, 2.05) is 0 Å². The van der Waals surface area contributed by atoms with Crippen molar-refractivity contribution in [2.75, 3.05) is 17.3 Å². The summed E-state index contributed by atoms with van der Waals surface area (Å²) < 4.78 is 27.1. The average molecular weight is 328 g/mol. The van der Waals surface area contributed by atoms with Gasteiger partial charge in [0, 0.05) is 18.9 Å². The first-order chi connectivity index (χ1) is 9.96. The molecule has 7 nitrogen and oxygen atoms in total. The lowest BCUT2D eigenvalue weighted by molar-refractivity contribution is -0.115. The lowest BCUT2D eigenvalue weighted by Crippen LogP contribution is -2.24. The minimum absolute atomic E-state index is 0.145. The number of carbonyl (C=O) groups is 2. The minimum atomic E-state index is -3.19. The van der Waals surface area contributed by atoms with Gasteiger partial charge in [0.05, 0.1) is 11.3 Å². The van der Waals surface area contributed by atoms with E-state index in [9.17, 15) is 18.0 Å². The molecule has 1 aromatic heterocycles. The Labute approximate surface area is 130 Å². The van der Waals surface area contributed by atoms with Gasteiger partial charge < -0.3 is 10.1 Å². The zero-order valence-electron chi connectivity index (χ0n) is 13.0. The Morgan fingerprint density at radius 2 is 1.91 bits per heavy atom. The quantitative estimate of drug-likeness (QED) is 0.820. The molecule has 0 fully saturated rings. The highest BCUT2D eigenvalue weighted by Gasteiger charge is 2.18. The van der Waals surface area contributed by atoms with Gasteiger partial charge in [-0.25, -0.2) is 18.2 Å². The topological polar surface area (TPSA) is 102 Å². The van der Waals surface area contributed by atoms with Crippen LogP contribution in [-0.4, -0.2) is 42.9 Å². The Kier molecular flexibility index (Phi) is 5.65. The number of hydrogen-bond donors (Lipinski definition) is 1. The van der Waals surface area contributed by atoms with Crippen LogP contribution in [0.15, 0.2) is 18.3 Å². The molecule has 0 spiro atoms. The molecule has 1 aromatic rings. The van der Waals surface area contributed by atoms with Crippen molar-refractivity contribution in [3.63, 3.8) is 0 Å². The van der Waals surface area contributed by atoms with Gasteiger partial charge in [0.15, 0.2) is 0 Å². The van der Waals surface area contributed by atoms with E-state index in [1.54, 1.807) is 20.8 Å². The number of anilines is 1. The molecule has 22 heavy (non-hydrogen) atoms. The van der Waals surface area contributed by atoms with E-state index in [1.165, 1.54) is 18.3 Å². The number of nitrogens with zero attached hydrogens (tertiary/aromatic N) is 1. The maximum atomic E-state index is 11.8. The fraction of sp³-hybridized carbons (Fsp3) is 0.500. The molecule has 0 aliphatic rings. The summed E-state index contributed by atoms with van der Waals surface area (Å²) >= 11 is 0. The number of sulfone groups is 1. The van der Waals surface area contributed by atoms with Gasteiger partial charge in [0.25, 0.3) is 0 Å². The summed E-state index contributed by atoms with van der Waals surface area (Å²) in [5.41, 5.74) is -0.334. The van der Waals surface area contributed by atoms with Crippen LogP contribution < -0.4 is 5.32 Å². The zero-order valence-corrected chi connectivity index (χ0v) is 13.9. The number of ether oxygens (including phenoxy) is 1. The fourth-order valence-corrected chi connectivity index (χ4v) is 1.97. The van der Waals surface area contributed by atoms with Gasteiger partial charge in [-0.3, -0.25) is 4.79 Å². The van der Waals surface area contributed by atoms with Crippen molar-refractivity contribution in [1.29, 1.82) is 0 Å². The highest BCUT2D eigenvalue weighted by atomic mass is 32.2.